The zero-order valence-corrected chi connectivity index (χ0v) is 8.29. The Balaban J connectivity index is 0. The molecule has 0 saturated carbocycles. The molecule has 0 aliphatic carbocycles. The molecule has 5 N–H and O–H groups in total. The van der Waals surface area contributed by atoms with Crippen molar-refractivity contribution in [1.29, 1.82) is 0 Å². The van der Waals surface area contributed by atoms with E-state index in [-0.39, 0.29) is 0 Å². The van der Waals surface area contributed by atoms with E-state index in [2.05, 4.69) is 12.2 Å². The van der Waals surface area contributed by atoms with E-state index in [0.29, 0.717) is 19.2 Å². The number of carbonyl (C=O) groups excluding carboxylic acids is 1. The maximum Gasteiger partial charge on any atom is 0.106 e. The van der Waals surface area contributed by atoms with Crippen LogP contribution in [0.2, 0.25) is 0 Å². The highest BCUT2D eigenvalue weighted by Gasteiger charge is 2.13. The maximum absolute atomic E-state index is 8.00. The summed E-state index contributed by atoms with van der Waals surface area (Å²) in [5, 5.41) is 3.03. The number of ether oxygens (including phenoxy) is 1. The molecule has 1 heterocycles. The van der Waals surface area contributed by atoms with Crippen molar-refractivity contribution in [3.05, 3.63) is 0 Å². The predicted molar refractivity (Wildman–Crippen MR) is 53.5 cm³/mol. The van der Waals surface area contributed by atoms with Gasteiger partial charge in [-0.25, -0.2) is 0 Å². The first-order valence-electron chi connectivity index (χ1n) is 4.32. The number of nitrogens with two attached hydrogens (primary N) is 2. The highest BCUT2D eigenvalue weighted by Crippen LogP contribution is 2.04. The summed E-state index contributed by atoms with van der Waals surface area (Å²) >= 11 is 0. The number of nitrogens with one attached hydrogen (secondary N) is 1. The fourth-order valence-electron chi connectivity index (χ4n) is 0.425. The van der Waals surface area contributed by atoms with Gasteiger partial charge in [-0.3, -0.25) is 0 Å². The van der Waals surface area contributed by atoms with E-state index in [1.807, 2.05) is 6.79 Å². The number of rotatable bonds is 4. The number of epoxide rings is 1. The van der Waals surface area contributed by atoms with Gasteiger partial charge in [0, 0.05) is 26.2 Å². The Hall–Kier alpha value is -0.490. The molecule has 0 bridgehead atoms. The van der Waals surface area contributed by atoms with Gasteiger partial charge in [-0.15, -0.1) is 0 Å². The molecule has 80 valence electrons. The molecule has 5 nitrogen and oxygen atoms in total. The van der Waals surface area contributed by atoms with Crippen molar-refractivity contribution in [3.63, 3.8) is 0 Å². The lowest BCUT2D eigenvalue weighted by molar-refractivity contribution is -0.0979. The normalized spacial score (nSPS) is 17.6. The summed E-state index contributed by atoms with van der Waals surface area (Å²) in [6.45, 7) is 8.17. The zero-order valence-electron chi connectivity index (χ0n) is 8.29. The largest absolute Gasteiger partial charge is 0.373 e. The van der Waals surface area contributed by atoms with Gasteiger partial charge >= 0.3 is 0 Å². The lowest BCUT2D eigenvalue weighted by atomic mass is 10.6. The second-order valence-corrected chi connectivity index (χ2v) is 2.47. The predicted octanol–water partition coefficient (Wildman–Crippen LogP) is -1.29. The highest BCUT2D eigenvalue weighted by atomic mass is 16.6. The fourth-order valence-corrected chi connectivity index (χ4v) is 0.425. The molecule has 0 radical (unpaired) electrons. The third kappa shape index (κ3) is 24.6. The molecule has 1 unspecified atom stereocenters. The van der Waals surface area contributed by atoms with Crippen molar-refractivity contribution in [2.45, 2.75) is 13.0 Å². The van der Waals surface area contributed by atoms with Crippen LogP contribution in [0.15, 0.2) is 0 Å². The first-order valence-corrected chi connectivity index (χ1v) is 4.32. The molecule has 0 aromatic rings. The fraction of sp³-hybridized carbons (Fsp3) is 0.875. The Labute approximate surface area is 79.8 Å². The molecule has 1 rings (SSSR count). The molecule has 5 heteroatoms. The van der Waals surface area contributed by atoms with E-state index < -0.39 is 0 Å². The molecule has 1 aliphatic heterocycles. The summed E-state index contributed by atoms with van der Waals surface area (Å²) in [6, 6.07) is 0. The van der Waals surface area contributed by atoms with Gasteiger partial charge in [0.25, 0.3) is 0 Å². The molecule has 1 atom stereocenters. The van der Waals surface area contributed by atoms with E-state index >= 15 is 0 Å². The maximum atomic E-state index is 8.00. The van der Waals surface area contributed by atoms with Crippen molar-refractivity contribution in [1.82, 2.24) is 5.32 Å². The zero-order chi connectivity index (χ0) is 10.5. The molecule has 0 aromatic heterocycles. The average Bonchev–Trinajstić information content (AvgIpc) is 2.93. The van der Waals surface area contributed by atoms with Gasteiger partial charge in [0.1, 0.15) is 6.79 Å². The molecule has 0 spiro atoms. The van der Waals surface area contributed by atoms with Crippen LogP contribution in [0.5, 0.6) is 0 Å². The smallest absolute Gasteiger partial charge is 0.106 e. The van der Waals surface area contributed by atoms with Crippen LogP contribution in [0.4, 0.5) is 0 Å². The van der Waals surface area contributed by atoms with Crippen LogP contribution < -0.4 is 16.8 Å². The van der Waals surface area contributed by atoms with Crippen molar-refractivity contribution in [2.24, 2.45) is 11.5 Å². The Bertz CT molecular complexity index is 85.5. The molecular weight excluding hydrogens is 170 g/mol. The summed E-state index contributed by atoms with van der Waals surface area (Å²) < 4.78 is 4.71. The minimum atomic E-state index is 0.583. The Kier molecular flexibility index (Phi) is 16.2. The molecule has 13 heavy (non-hydrogen) atoms. The molecule has 1 aliphatic rings. The first-order chi connectivity index (χ1) is 6.31. The molecule has 1 saturated heterocycles. The van der Waals surface area contributed by atoms with Gasteiger partial charge in [-0.2, -0.15) is 0 Å². The van der Waals surface area contributed by atoms with Crippen LogP contribution >= 0.6 is 0 Å². The van der Waals surface area contributed by atoms with Crippen LogP contribution in [0.3, 0.4) is 0 Å². The van der Waals surface area contributed by atoms with Gasteiger partial charge in [-0.1, -0.05) is 0 Å². The van der Waals surface area contributed by atoms with Gasteiger partial charge in [0.15, 0.2) is 0 Å². The van der Waals surface area contributed by atoms with Gasteiger partial charge in [0.2, 0.25) is 0 Å². The number of hydrogen-bond acceptors (Lipinski definition) is 5. The van der Waals surface area contributed by atoms with Gasteiger partial charge < -0.3 is 26.3 Å². The summed E-state index contributed by atoms with van der Waals surface area (Å²) in [5.41, 5.74) is 10.3. The average molecular weight is 191 g/mol. The Morgan fingerprint density at radius 1 is 1.38 bits per heavy atom. The quantitative estimate of drug-likeness (QED) is 0.380. The summed E-state index contributed by atoms with van der Waals surface area (Å²) in [6.07, 6.45) is 0.583. The summed E-state index contributed by atoms with van der Waals surface area (Å²) in [7, 11) is 0. The topological polar surface area (TPSA) is 93.7 Å². The van der Waals surface area contributed by atoms with Gasteiger partial charge in [-0.05, 0) is 6.92 Å². The van der Waals surface area contributed by atoms with Crippen LogP contribution in [-0.4, -0.2) is 45.7 Å². The Morgan fingerprint density at radius 2 is 1.69 bits per heavy atom. The molecule has 0 amide bonds. The summed E-state index contributed by atoms with van der Waals surface area (Å²) in [4.78, 5) is 8.00. The lowest BCUT2D eigenvalue weighted by Crippen LogP contribution is -2.27. The SMILES string of the molecule is C=O.CC1CO1.NCCNCCN. The summed E-state index contributed by atoms with van der Waals surface area (Å²) in [5.74, 6) is 0. The van der Waals surface area contributed by atoms with Crippen molar-refractivity contribution >= 4 is 6.79 Å². The minimum absolute atomic E-state index is 0.583. The number of carbonyl (C=O) groups is 1. The van der Waals surface area contributed by atoms with E-state index in [1.54, 1.807) is 0 Å². The second kappa shape index (κ2) is 14.1. The standard InChI is InChI=1S/C4H13N3.C3H6O.CH2O/c5-1-3-7-4-2-6;1-3-2-4-3;1-2/h7H,1-6H2;3H,2H2,1H3;1H2. The van der Waals surface area contributed by atoms with Gasteiger partial charge in [0.05, 0.1) is 12.7 Å². The Morgan fingerprint density at radius 3 is 1.85 bits per heavy atom. The molecule has 1 fully saturated rings. The third-order valence-electron chi connectivity index (χ3n) is 1.14. The number of hydrogen-bond donors (Lipinski definition) is 3. The monoisotopic (exact) mass is 191 g/mol. The van der Waals surface area contributed by atoms with Crippen LogP contribution in [0.1, 0.15) is 6.92 Å². The van der Waals surface area contributed by atoms with E-state index in [4.69, 9.17) is 21.0 Å². The van der Waals surface area contributed by atoms with Crippen LogP contribution in [-0.2, 0) is 9.53 Å². The van der Waals surface area contributed by atoms with E-state index in [9.17, 15) is 0 Å². The highest BCUT2D eigenvalue weighted by molar-refractivity contribution is 5.10. The van der Waals surface area contributed by atoms with E-state index in [1.165, 1.54) is 0 Å². The van der Waals surface area contributed by atoms with Crippen molar-refractivity contribution in [2.75, 3.05) is 32.8 Å². The van der Waals surface area contributed by atoms with E-state index in [0.717, 1.165) is 19.7 Å². The van der Waals surface area contributed by atoms with Crippen molar-refractivity contribution < 1.29 is 9.53 Å². The van der Waals surface area contributed by atoms with Crippen LogP contribution in [0, 0.1) is 0 Å². The molecular formula is C8H21N3O2. The second-order valence-electron chi connectivity index (χ2n) is 2.47. The van der Waals surface area contributed by atoms with Crippen molar-refractivity contribution in [3.8, 4) is 0 Å². The minimum Gasteiger partial charge on any atom is -0.373 e. The molecule has 0 aromatic carbocycles. The first kappa shape index (κ1) is 15.0. The lowest BCUT2D eigenvalue weighted by Gasteiger charge is -1.95. The van der Waals surface area contributed by atoms with Crippen LogP contribution in [0.25, 0.3) is 0 Å². The third-order valence-corrected chi connectivity index (χ3v) is 1.14.